The molecule has 2 atom stereocenters. The van der Waals surface area contributed by atoms with Crippen LogP contribution < -0.4 is 0 Å². The van der Waals surface area contributed by atoms with Crippen molar-refractivity contribution in [2.45, 2.75) is 47.0 Å². The average Bonchev–Trinajstić information content (AvgIpc) is 2.34. The van der Waals surface area contributed by atoms with Gasteiger partial charge in [-0.1, -0.05) is 27.7 Å². The number of hydrogen-bond donors (Lipinski definition) is 0. The molecule has 0 bridgehead atoms. The van der Waals surface area contributed by atoms with Crippen molar-refractivity contribution in [3.63, 3.8) is 0 Å². The van der Waals surface area contributed by atoms with Gasteiger partial charge in [-0.3, -0.25) is 9.59 Å². The van der Waals surface area contributed by atoms with Crippen LogP contribution in [-0.2, 0) is 9.59 Å². The summed E-state index contributed by atoms with van der Waals surface area (Å²) in [6.07, 6.45) is 2.15. The van der Waals surface area contributed by atoms with E-state index in [1.165, 1.54) is 0 Å². The Balaban J connectivity index is 2.54. The molecular weight excluding hydrogens is 176 g/mol. The van der Waals surface area contributed by atoms with E-state index in [1.54, 1.807) is 0 Å². The van der Waals surface area contributed by atoms with Gasteiger partial charge in [-0.2, -0.15) is 0 Å². The maximum Gasteiger partial charge on any atom is 0.138 e. The minimum absolute atomic E-state index is 0.0984. The predicted molar refractivity (Wildman–Crippen MR) is 56.0 cm³/mol. The maximum absolute atomic E-state index is 11.8. The van der Waals surface area contributed by atoms with Crippen molar-refractivity contribution < 1.29 is 9.59 Å². The molecule has 80 valence electrons. The first-order valence-corrected chi connectivity index (χ1v) is 5.38. The molecule has 0 spiro atoms. The minimum atomic E-state index is -0.259. The smallest absolute Gasteiger partial charge is 0.138 e. The van der Waals surface area contributed by atoms with E-state index >= 15 is 0 Å². The lowest BCUT2D eigenvalue weighted by Crippen LogP contribution is -2.24. The van der Waals surface area contributed by atoms with Crippen molar-refractivity contribution in [2.75, 3.05) is 0 Å². The third kappa shape index (κ3) is 2.43. The summed E-state index contributed by atoms with van der Waals surface area (Å²) in [5.41, 5.74) is -0.259. The zero-order valence-electron chi connectivity index (χ0n) is 9.59. The molecule has 1 aliphatic rings. The van der Waals surface area contributed by atoms with E-state index < -0.39 is 0 Å². The predicted octanol–water partition coefficient (Wildman–Crippen LogP) is 2.61. The molecule has 0 heterocycles. The molecule has 1 fully saturated rings. The van der Waals surface area contributed by atoms with Crippen molar-refractivity contribution in [1.82, 2.24) is 0 Å². The van der Waals surface area contributed by atoms with E-state index in [-0.39, 0.29) is 17.1 Å². The van der Waals surface area contributed by atoms with Crippen LogP contribution in [-0.4, -0.2) is 11.6 Å². The first kappa shape index (κ1) is 11.4. The van der Waals surface area contributed by atoms with Gasteiger partial charge in [0.1, 0.15) is 11.6 Å². The Bertz CT molecular complexity index is 248. The topological polar surface area (TPSA) is 34.1 Å². The fourth-order valence-electron chi connectivity index (χ4n) is 1.89. The second-order valence-electron chi connectivity index (χ2n) is 5.43. The van der Waals surface area contributed by atoms with Crippen LogP contribution in [0.4, 0.5) is 0 Å². The van der Waals surface area contributed by atoms with Gasteiger partial charge >= 0.3 is 0 Å². The maximum atomic E-state index is 11.8. The Hall–Kier alpha value is -0.660. The van der Waals surface area contributed by atoms with Crippen LogP contribution in [0.25, 0.3) is 0 Å². The average molecular weight is 196 g/mol. The summed E-state index contributed by atoms with van der Waals surface area (Å²) < 4.78 is 0. The van der Waals surface area contributed by atoms with Gasteiger partial charge in [0.15, 0.2) is 0 Å². The third-order valence-corrected chi connectivity index (χ3v) is 3.26. The molecule has 2 nitrogen and oxygen atoms in total. The molecule has 0 radical (unpaired) electrons. The number of carbonyl (C=O) groups is 2. The summed E-state index contributed by atoms with van der Waals surface area (Å²) >= 11 is 0. The number of hydrogen-bond acceptors (Lipinski definition) is 2. The largest absolute Gasteiger partial charge is 0.299 e. The lowest BCUT2D eigenvalue weighted by atomic mass is 9.82. The Labute approximate surface area is 86.1 Å². The second-order valence-corrected chi connectivity index (χ2v) is 5.43. The zero-order valence-corrected chi connectivity index (χ0v) is 9.59. The molecule has 1 aliphatic carbocycles. The van der Waals surface area contributed by atoms with Crippen LogP contribution in [0.2, 0.25) is 0 Å². The zero-order chi connectivity index (χ0) is 10.9. The number of ketones is 2. The molecule has 2 heteroatoms. The number of carbonyl (C=O) groups excluding carboxylic acids is 2. The summed E-state index contributed by atoms with van der Waals surface area (Å²) in [5.74, 6) is 1.01. The summed E-state index contributed by atoms with van der Waals surface area (Å²) in [7, 11) is 0. The first-order chi connectivity index (χ1) is 6.32. The minimum Gasteiger partial charge on any atom is -0.299 e. The van der Waals surface area contributed by atoms with Gasteiger partial charge in [-0.25, -0.2) is 0 Å². The fourth-order valence-corrected chi connectivity index (χ4v) is 1.89. The van der Waals surface area contributed by atoms with Gasteiger partial charge in [0.05, 0.1) is 0 Å². The van der Waals surface area contributed by atoms with Gasteiger partial charge in [0.25, 0.3) is 0 Å². The standard InChI is InChI=1S/C12H20O2/c1-8-9(5-6-10(8)13)7-11(14)12(2,3)4/h8-9H,5-7H2,1-4H3. The molecule has 1 rings (SSSR count). The molecule has 2 unspecified atom stereocenters. The molecule has 0 aliphatic heterocycles. The number of rotatable bonds is 2. The monoisotopic (exact) mass is 196 g/mol. The molecule has 14 heavy (non-hydrogen) atoms. The van der Waals surface area contributed by atoms with Crippen molar-refractivity contribution in [3.05, 3.63) is 0 Å². The molecule has 0 aromatic carbocycles. The normalized spacial score (nSPS) is 28.1. The number of Topliss-reactive ketones (excluding diaryl/α,β-unsaturated/α-hetero) is 2. The lowest BCUT2D eigenvalue weighted by molar-refractivity contribution is -0.127. The van der Waals surface area contributed by atoms with E-state index in [0.29, 0.717) is 24.5 Å². The van der Waals surface area contributed by atoms with Crippen LogP contribution in [0.5, 0.6) is 0 Å². The Morgan fingerprint density at radius 1 is 1.43 bits per heavy atom. The highest BCUT2D eigenvalue weighted by molar-refractivity contribution is 5.87. The van der Waals surface area contributed by atoms with Gasteiger partial charge in [0.2, 0.25) is 0 Å². The third-order valence-electron chi connectivity index (χ3n) is 3.26. The Morgan fingerprint density at radius 3 is 2.36 bits per heavy atom. The lowest BCUT2D eigenvalue weighted by Gasteiger charge is -2.20. The first-order valence-electron chi connectivity index (χ1n) is 5.38. The van der Waals surface area contributed by atoms with E-state index in [1.807, 2.05) is 27.7 Å². The van der Waals surface area contributed by atoms with Gasteiger partial charge < -0.3 is 0 Å². The van der Waals surface area contributed by atoms with Crippen LogP contribution >= 0.6 is 0 Å². The molecular formula is C12H20O2. The molecule has 1 saturated carbocycles. The van der Waals surface area contributed by atoms with E-state index in [2.05, 4.69) is 0 Å². The van der Waals surface area contributed by atoms with Crippen LogP contribution in [0.1, 0.15) is 47.0 Å². The summed E-state index contributed by atoms with van der Waals surface area (Å²) in [4.78, 5) is 23.1. The highest BCUT2D eigenvalue weighted by Crippen LogP contribution is 2.33. The summed E-state index contributed by atoms with van der Waals surface area (Å²) in [5, 5.41) is 0. The van der Waals surface area contributed by atoms with E-state index in [0.717, 1.165) is 6.42 Å². The van der Waals surface area contributed by atoms with Gasteiger partial charge in [-0.15, -0.1) is 0 Å². The molecule has 0 amide bonds. The fraction of sp³-hybridized carbons (Fsp3) is 0.833. The molecule has 0 aromatic heterocycles. The second kappa shape index (κ2) is 3.84. The van der Waals surface area contributed by atoms with Crippen LogP contribution in [0.15, 0.2) is 0 Å². The van der Waals surface area contributed by atoms with Crippen LogP contribution in [0, 0.1) is 17.3 Å². The summed E-state index contributed by atoms with van der Waals surface area (Å²) in [6.45, 7) is 7.78. The molecule has 0 aromatic rings. The van der Waals surface area contributed by atoms with Crippen molar-refractivity contribution >= 4 is 11.6 Å². The van der Waals surface area contributed by atoms with Crippen molar-refractivity contribution in [1.29, 1.82) is 0 Å². The van der Waals surface area contributed by atoms with E-state index in [4.69, 9.17) is 0 Å². The van der Waals surface area contributed by atoms with Crippen molar-refractivity contribution in [2.24, 2.45) is 17.3 Å². The van der Waals surface area contributed by atoms with Crippen LogP contribution in [0.3, 0.4) is 0 Å². The van der Waals surface area contributed by atoms with Crippen molar-refractivity contribution in [3.8, 4) is 0 Å². The highest BCUT2D eigenvalue weighted by Gasteiger charge is 2.34. The van der Waals surface area contributed by atoms with Gasteiger partial charge in [0, 0.05) is 24.2 Å². The molecule has 0 saturated heterocycles. The van der Waals surface area contributed by atoms with E-state index in [9.17, 15) is 9.59 Å². The highest BCUT2D eigenvalue weighted by atomic mass is 16.1. The molecule has 0 N–H and O–H groups in total. The quantitative estimate of drug-likeness (QED) is 0.680. The SMILES string of the molecule is CC1C(=O)CCC1CC(=O)C(C)(C)C. The summed E-state index contributed by atoms with van der Waals surface area (Å²) in [6, 6.07) is 0. The van der Waals surface area contributed by atoms with Gasteiger partial charge in [-0.05, 0) is 12.3 Å². The Morgan fingerprint density at radius 2 is 2.00 bits per heavy atom. The Kier molecular flexibility index (Phi) is 3.13.